The molecule has 0 saturated heterocycles. The van der Waals surface area contributed by atoms with Crippen molar-refractivity contribution in [2.24, 2.45) is 5.41 Å². The van der Waals surface area contributed by atoms with Crippen LogP contribution in [0.25, 0.3) is 11.1 Å². The number of benzene rings is 2. The van der Waals surface area contributed by atoms with E-state index in [9.17, 15) is 14.7 Å². The fourth-order valence-electron chi connectivity index (χ4n) is 4.08. The zero-order valence-corrected chi connectivity index (χ0v) is 17.2. The third-order valence-corrected chi connectivity index (χ3v) is 5.96. The summed E-state index contributed by atoms with van der Waals surface area (Å²) in [6, 6.07) is 9.07. The van der Waals surface area contributed by atoms with Crippen LogP contribution in [0.3, 0.4) is 0 Å². The lowest BCUT2D eigenvalue weighted by Gasteiger charge is -2.27. The molecule has 2 aliphatic rings. The summed E-state index contributed by atoms with van der Waals surface area (Å²) in [7, 11) is 3.06. The summed E-state index contributed by atoms with van der Waals surface area (Å²) in [5, 5.41) is 9.75. The number of aliphatic carboxylic acids is 1. The van der Waals surface area contributed by atoms with Crippen molar-refractivity contribution in [3.63, 3.8) is 0 Å². The highest BCUT2D eigenvalue weighted by atomic mass is 16.5. The summed E-state index contributed by atoms with van der Waals surface area (Å²) in [6.07, 6.45) is 1.20. The summed E-state index contributed by atoms with van der Waals surface area (Å²) in [5.74, 6) is 0.157. The van der Waals surface area contributed by atoms with Crippen molar-refractivity contribution in [2.45, 2.75) is 38.9 Å². The van der Waals surface area contributed by atoms with Crippen LogP contribution in [0.2, 0.25) is 0 Å². The zero-order valence-electron chi connectivity index (χ0n) is 17.2. The van der Waals surface area contributed by atoms with E-state index in [1.165, 1.54) is 14.2 Å². The standard InChI is InChI=1S/C23H24O7/c1-4-18(23(9-10-23)22(25)26)30-19-15(7-8-17(27-2)20(19)28-3)13-5-6-16-14(11-13)12-29-21(16)24/h5-8,11,18H,4,9-10,12H2,1-3H3,(H,25,26). The second kappa shape index (κ2) is 7.55. The first kappa shape index (κ1) is 20.1. The van der Waals surface area contributed by atoms with Gasteiger partial charge in [-0.15, -0.1) is 0 Å². The van der Waals surface area contributed by atoms with E-state index in [-0.39, 0.29) is 12.6 Å². The molecule has 1 atom stereocenters. The van der Waals surface area contributed by atoms with Crippen LogP contribution < -0.4 is 14.2 Å². The molecule has 158 valence electrons. The van der Waals surface area contributed by atoms with Crippen molar-refractivity contribution in [3.8, 4) is 28.4 Å². The Labute approximate surface area is 174 Å². The van der Waals surface area contributed by atoms with E-state index in [1.54, 1.807) is 12.1 Å². The Hall–Kier alpha value is -3.22. The maximum Gasteiger partial charge on any atom is 0.338 e. The molecule has 0 aromatic heterocycles. The van der Waals surface area contributed by atoms with Gasteiger partial charge in [0.05, 0.1) is 19.8 Å². The Morgan fingerprint density at radius 2 is 1.87 bits per heavy atom. The highest BCUT2D eigenvalue weighted by Gasteiger charge is 2.57. The lowest BCUT2D eigenvalue weighted by atomic mass is 9.96. The van der Waals surface area contributed by atoms with Crippen molar-refractivity contribution in [1.82, 2.24) is 0 Å². The first-order valence-corrected chi connectivity index (χ1v) is 9.90. The van der Waals surface area contributed by atoms with E-state index in [1.807, 2.05) is 25.1 Å². The average Bonchev–Trinajstić information content (AvgIpc) is 3.49. The molecule has 1 aliphatic heterocycles. The number of rotatable bonds is 8. The minimum absolute atomic E-state index is 0.227. The number of hydrogen-bond donors (Lipinski definition) is 1. The van der Waals surface area contributed by atoms with Gasteiger partial charge in [-0.1, -0.05) is 13.0 Å². The first-order valence-electron chi connectivity index (χ1n) is 9.90. The molecule has 0 bridgehead atoms. The van der Waals surface area contributed by atoms with Gasteiger partial charge in [0.2, 0.25) is 5.75 Å². The first-order chi connectivity index (χ1) is 14.4. The van der Waals surface area contributed by atoms with E-state index < -0.39 is 17.5 Å². The lowest BCUT2D eigenvalue weighted by molar-refractivity contribution is -0.147. The van der Waals surface area contributed by atoms with Crippen molar-refractivity contribution < 1.29 is 33.6 Å². The number of hydrogen-bond acceptors (Lipinski definition) is 6. The molecular weight excluding hydrogens is 388 g/mol. The van der Waals surface area contributed by atoms with Crippen LogP contribution in [0.5, 0.6) is 17.2 Å². The fourth-order valence-corrected chi connectivity index (χ4v) is 4.08. The molecule has 2 aromatic carbocycles. The summed E-state index contributed by atoms with van der Waals surface area (Å²) in [5.41, 5.74) is 2.02. The van der Waals surface area contributed by atoms with Crippen LogP contribution in [-0.4, -0.2) is 37.4 Å². The Morgan fingerprint density at radius 1 is 1.13 bits per heavy atom. The SMILES string of the molecule is CCC(Oc1c(-c2ccc3c(c2)COC3=O)ccc(OC)c1OC)C1(C(=O)O)CC1. The van der Waals surface area contributed by atoms with Gasteiger partial charge < -0.3 is 24.1 Å². The number of carbonyl (C=O) groups excluding carboxylic acids is 1. The topological polar surface area (TPSA) is 91.3 Å². The summed E-state index contributed by atoms with van der Waals surface area (Å²) in [6.45, 7) is 2.14. The summed E-state index contributed by atoms with van der Waals surface area (Å²) >= 11 is 0. The molecule has 0 spiro atoms. The molecular formula is C23H24O7. The van der Waals surface area contributed by atoms with Crippen molar-refractivity contribution >= 4 is 11.9 Å². The van der Waals surface area contributed by atoms with Gasteiger partial charge in [-0.3, -0.25) is 4.79 Å². The van der Waals surface area contributed by atoms with Gasteiger partial charge in [0.25, 0.3) is 0 Å². The van der Waals surface area contributed by atoms with E-state index in [0.29, 0.717) is 42.1 Å². The van der Waals surface area contributed by atoms with Gasteiger partial charge in [-0.2, -0.15) is 0 Å². The summed E-state index contributed by atoms with van der Waals surface area (Å²) in [4.78, 5) is 23.7. The van der Waals surface area contributed by atoms with E-state index >= 15 is 0 Å². The van der Waals surface area contributed by atoms with Crippen LogP contribution in [0.4, 0.5) is 0 Å². The highest BCUT2D eigenvalue weighted by Crippen LogP contribution is 2.53. The number of carboxylic acid groups (broad SMARTS) is 1. The zero-order chi connectivity index (χ0) is 21.5. The van der Waals surface area contributed by atoms with Crippen LogP contribution in [0, 0.1) is 5.41 Å². The third-order valence-electron chi connectivity index (χ3n) is 5.96. The molecule has 1 saturated carbocycles. The van der Waals surface area contributed by atoms with Crippen LogP contribution in [-0.2, 0) is 16.1 Å². The van der Waals surface area contributed by atoms with Gasteiger partial charge in [-0.05, 0) is 49.1 Å². The van der Waals surface area contributed by atoms with E-state index in [2.05, 4.69) is 0 Å². The van der Waals surface area contributed by atoms with E-state index in [4.69, 9.17) is 18.9 Å². The molecule has 7 nitrogen and oxygen atoms in total. The van der Waals surface area contributed by atoms with Crippen molar-refractivity contribution in [3.05, 3.63) is 41.5 Å². The van der Waals surface area contributed by atoms with Crippen LogP contribution >= 0.6 is 0 Å². The minimum atomic E-state index is -0.877. The Morgan fingerprint density at radius 3 is 2.47 bits per heavy atom. The molecule has 7 heteroatoms. The van der Waals surface area contributed by atoms with Gasteiger partial charge in [0.15, 0.2) is 11.5 Å². The van der Waals surface area contributed by atoms with Crippen LogP contribution in [0.1, 0.15) is 42.1 Å². The smallest absolute Gasteiger partial charge is 0.338 e. The second-order valence-electron chi connectivity index (χ2n) is 7.60. The molecule has 2 aromatic rings. The number of carbonyl (C=O) groups is 2. The Kier molecular flexibility index (Phi) is 5.05. The predicted octanol–water partition coefficient (Wildman–Crippen LogP) is 4.06. The maximum absolute atomic E-state index is 11.9. The Bertz CT molecular complexity index is 1010. The third kappa shape index (κ3) is 3.14. The summed E-state index contributed by atoms with van der Waals surface area (Å²) < 4.78 is 22.5. The van der Waals surface area contributed by atoms with Crippen molar-refractivity contribution in [1.29, 1.82) is 0 Å². The normalized spacial score (nSPS) is 17.0. The number of fused-ring (bicyclic) bond motifs is 1. The number of esters is 1. The fraction of sp³-hybridized carbons (Fsp3) is 0.391. The number of ether oxygens (including phenoxy) is 4. The maximum atomic E-state index is 11.9. The van der Waals surface area contributed by atoms with E-state index in [0.717, 1.165) is 16.7 Å². The lowest BCUT2D eigenvalue weighted by Crippen LogP contribution is -2.34. The second-order valence-corrected chi connectivity index (χ2v) is 7.60. The predicted molar refractivity (Wildman–Crippen MR) is 108 cm³/mol. The Balaban J connectivity index is 1.82. The van der Waals surface area contributed by atoms with Crippen molar-refractivity contribution in [2.75, 3.05) is 14.2 Å². The van der Waals surface area contributed by atoms with Gasteiger partial charge in [-0.25, -0.2) is 4.79 Å². The molecule has 30 heavy (non-hydrogen) atoms. The van der Waals surface area contributed by atoms with Gasteiger partial charge in [0, 0.05) is 11.1 Å². The molecule has 0 radical (unpaired) electrons. The molecule has 1 fully saturated rings. The minimum Gasteiger partial charge on any atom is -0.493 e. The molecule has 1 aliphatic carbocycles. The molecule has 1 N–H and O–H groups in total. The largest absolute Gasteiger partial charge is 0.493 e. The quantitative estimate of drug-likeness (QED) is 0.654. The molecule has 4 rings (SSSR count). The number of cyclic esters (lactones) is 1. The number of carboxylic acids is 1. The molecule has 1 unspecified atom stereocenters. The van der Waals surface area contributed by atoms with Crippen LogP contribution in [0.15, 0.2) is 30.3 Å². The highest BCUT2D eigenvalue weighted by molar-refractivity contribution is 5.94. The monoisotopic (exact) mass is 412 g/mol. The molecule has 0 amide bonds. The van der Waals surface area contributed by atoms with Gasteiger partial charge >= 0.3 is 11.9 Å². The molecule has 1 heterocycles. The average molecular weight is 412 g/mol. The van der Waals surface area contributed by atoms with Gasteiger partial charge in [0.1, 0.15) is 18.1 Å². The number of methoxy groups -OCH3 is 2.